The molecule has 0 saturated carbocycles. The second-order valence-electron chi connectivity index (χ2n) is 9.19. The Hall–Kier alpha value is -4.48. The average molecular weight is 541 g/mol. The lowest BCUT2D eigenvalue weighted by atomic mass is 9.81. The van der Waals surface area contributed by atoms with Crippen LogP contribution in [0.4, 0.5) is 29.5 Å². The number of benzene rings is 1. The minimum Gasteiger partial charge on any atom is -0.384 e. The largest absolute Gasteiger partial charge is 0.416 e. The number of nitrogens with two attached hydrogens (primary N) is 1. The predicted octanol–water partition coefficient (Wildman–Crippen LogP) is 3.97. The third kappa shape index (κ3) is 5.84. The van der Waals surface area contributed by atoms with E-state index in [0.717, 1.165) is 17.0 Å². The van der Waals surface area contributed by atoms with Gasteiger partial charge >= 0.3 is 12.2 Å². The van der Waals surface area contributed by atoms with Gasteiger partial charge in [0.1, 0.15) is 11.9 Å². The summed E-state index contributed by atoms with van der Waals surface area (Å²) in [6.07, 6.45) is 0.343. The van der Waals surface area contributed by atoms with Gasteiger partial charge in [0.25, 0.3) is 5.91 Å². The molecule has 1 fully saturated rings. The van der Waals surface area contributed by atoms with Gasteiger partial charge < -0.3 is 16.0 Å². The monoisotopic (exact) mass is 540 g/mol. The van der Waals surface area contributed by atoms with Gasteiger partial charge in [0.05, 0.1) is 17.5 Å². The molecule has 204 valence electrons. The summed E-state index contributed by atoms with van der Waals surface area (Å²) >= 11 is 0. The van der Waals surface area contributed by atoms with Crippen molar-refractivity contribution >= 4 is 29.4 Å². The van der Waals surface area contributed by atoms with Crippen LogP contribution in [-0.2, 0) is 22.2 Å². The molecule has 1 aliphatic heterocycles. The Bertz CT molecular complexity index is 1370. The lowest BCUT2D eigenvalue weighted by molar-refractivity contribution is -0.156. The van der Waals surface area contributed by atoms with Gasteiger partial charge in [0.15, 0.2) is 0 Å². The quantitative estimate of drug-likeness (QED) is 0.438. The zero-order valence-electron chi connectivity index (χ0n) is 21.2. The number of carbonyl (C=O) groups is 3. The Morgan fingerprint density at radius 2 is 1.85 bits per heavy atom. The number of nitrogens with zero attached hydrogens (tertiary/aromatic N) is 4. The number of likely N-dealkylation sites (N-methyl/N-ethyl adjacent to an activating group) is 1. The first kappa shape index (κ1) is 27.6. The van der Waals surface area contributed by atoms with Crippen molar-refractivity contribution < 1.29 is 27.6 Å². The zero-order valence-corrected chi connectivity index (χ0v) is 21.2. The van der Waals surface area contributed by atoms with Gasteiger partial charge in [-0.05, 0) is 60.4 Å². The van der Waals surface area contributed by atoms with Gasteiger partial charge in [-0.2, -0.15) is 13.2 Å². The van der Waals surface area contributed by atoms with Crippen LogP contribution < -0.4 is 16.0 Å². The molecule has 0 aliphatic carbocycles. The number of hydrogen-bond donors (Lipinski definition) is 2. The number of rotatable bonds is 7. The van der Waals surface area contributed by atoms with Crippen LogP contribution >= 0.6 is 0 Å². The molecule has 9 nitrogen and oxygen atoms in total. The third-order valence-electron chi connectivity index (χ3n) is 6.69. The van der Waals surface area contributed by atoms with E-state index in [9.17, 15) is 27.6 Å². The van der Waals surface area contributed by atoms with Crippen molar-refractivity contribution in [1.82, 2.24) is 20.2 Å². The molecule has 0 spiro atoms. The number of hydrogen-bond acceptors (Lipinski definition) is 6. The fraction of sp³-hybridized carbons (Fsp3) is 0.296. The second kappa shape index (κ2) is 11.1. The van der Waals surface area contributed by atoms with Crippen molar-refractivity contribution in [3.63, 3.8) is 0 Å². The van der Waals surface area contributed by atoms with Crippen molar-refractivity contribution in [2.75, 3.05) is 17.7 Å². The second-order valence-corrected chi connectivity index (χ2v) is 9.19. The minimum absolute atomic E-state index is 0.140. The minimum atomic E-state index is -4.55. The highest BCUT2D eigenvalue weighted by molar-refractivity contribution is 6.12. The van der Waals surface area contributed by atoms with E-state index < -0.39 is 47.6 Å². The molecule has 1 saturated heterocycles. The van der Waals surface area contributed by atoms with Crippen LogP contribution in [0.15, 0.2) is 67.1 Å². The fourth-order valence-corrected chi connectivity index (χ4v) is 4.60. The molecule has 39 heavy (non-hydrogen) atoms. The number of urea groups is 1. The topological polar surface area (TPSA) is 122 Å². The van der Waals surface area contributed by atoms with E-state index in [2.05, 4.69) is 15.3 Å². The van der Waals surface area contributed by atoms with E-state index >= 15 is 0 Å². The van der Waals surface area contributed by atoms with Crippen LogP contribution in [0.5, 0.6) is 0 Å². The molecule has 1 aromatic carbocycles. The van der Waals surface area contributed by atoms with Gasteiger partial charge in [-0.1, -0.05) is 19.1 Å². The number of pyridine rings is 2. The van der Waals surface area contributed by atoms with E-state index in [1.807, 2.05) is 0 Å². The Morgan fingerprint density at radius 3 is 2.49 bits per heavy atom. The third-order valence-corrected chi connectivity index (χ3v) is 6.69. The molecule has 2 aromatic heterocycles. The summed E-state index contributed by atoms with van der Waals surface area (Å²) in [5.41, 5.74) is 6.32. The van der Waals surface area contributed by atoms with E-state index in [4.69, 9.17) is 5.73 Å². The van der Waals surface area contributed by atoms with Crippen molar-refractivity contribution in [2.45, 2.75) is 38.0 Å². The van der Waals surface area contributed by atoms with Crippen molar-refractivity contribution in [1.29, 1.82) is 0 Å². The Balaban J connectivity index is 1.60. The summed E-state index contributed by atoms with van der Waals surface area (Å²) in [5.74, 6) is -1.70. The number of β-lactam (4-membered cyclic amide) rings is 1. The van der Waals surface area contributed by atoms with Crippen LogP contribution in [0.2, 0.25) is 0 Å². The van der Waals surface area contributed by atoms with Gasteiger partial charge in [-0.25, -0.2) is 9.78 Å². The summed E-state index contributed by atoms with van der Waals surface area (Å²) in [7, 11) is 1.52. The van der Waals surface area contributed by atoms with Crippen LogP contribution in [0.1, 0.15) is 36.1 Å². The fourth-order valence-electron chi connectivity index (χ4n) is 4.60. The number of alkyl halides is 3. The highest BCUT2D eigenvalue weighted by atomic mass is 19.4. The van der Waals surface area contributed by atoms with Gasteiger partial charge in [-0.3, -0.25) is 19.5 Å². The van der Waals surface area contributed by atoms with Crippen molar-refractivity contribution in [2.24, 2.45) is 5.92 Å². The smallest absolute Gasteiger partial charge is 0.384 e. The van der Waals surface area contributed by atoms with Crippen LogP contribution in [0.3, 0.4) is 0 Å². The first-order chi connectivity index (χ1) is 18.5. The molecule has 1 unspecified atom stereocenters. The molecule has 1 aliphatic rings. The summed E-state index contributed by atoms with van der Waals surface area (Å²) in [6.45, 7) is 1.69. The summed E-state index contributed by atoms with van der Waals surface area (Å²) in [6, 6.07) is 8.28. The molecule has 12 heteroatoms. The number of halogens is 3. The molecule has 3 aromatic rings. The number of amides is 4. The molecule has 0 radical (unpaired) electrons. The molecule has 4 amide bonds. The summed E-state index contributed by atoms with van der Waals surface area (Å²) in [4.78, 5) is 50.2. The van der Waals surface area contributed by atoms with Gasteiger partial charge in [0, 0.05) is 31.3 Å². The average Bonchev–Trinajstić information content (AvgIpc) is 2.92. The SMILES string of the molecule is CC[C@@H](NC(=O)N1C(=O)C(Cc2ccnc(N)c2)[C@H]1C(=O)N(C)c1ccncc1)c1cccc(C(F)(F)F)c1. The molecule has 3 heterocycles. The first-order valence-electron chi connectivity index (χ1n) is 12.2. The first-order valence-corrected chi connectivity index (χ1v) is 12.2. The molecular weight excluding hydrogens is 513 g/mol. The molecule has 4 rings (SSSR count). The molecule has 3 atom stereocenters. The maximum atomic E-state index is 13.6. The predicted molar refractivity (Wildman–Crippen MR) is 137 cm³/mol. The number of anilines is 2. The van der Waals surface area contributed by atoms with E-state index in [-0.39, 0.29) is 24.2 Å². The van der Waals surface area contributed by atoms with Crippen molar-refractivity contribution in [3.05, 3.63) is 83.8 Å². The number of nitrogens with one attached hydrogen (secondary N) is 1. The van der Waals surface area contributed by atoms with E-state index in [1.54, 1.807) is 31.2 Å². The van der Waals surface area contributed by atoms with Gasteiger partial charge in [0.2, 0.25) is 5.91 Å². The van der Waals surface area contributed by atoms with Crippen LogP contribution in [0.25, 0.3) is 0 Å². The normalized spacial score (nSPS) is 17.8. The standard InChI is InChI=1S/C27H27F3N6O3/c1-3-21(17-5-4-6-18(15-17)27(28,29)30)34-26(39)36-23(25(38)35(2)19-8-10-32-11-9-19)20(24(36)37)13-16-7-12-33-22(31)14-16/h4-12,14-15,20-21,23H,3,13H2,1-2H3,(H2,31,33)(H,34,39)/t20?,21-,23+/m1/s1. The summed E-state index contributed by atoms with van der Waals surface area (Å²) < 4.78 is 39.7. The number of carbonyl (C=O) groups excluding carboxylic acids is 3. The van der Waals surface area contributed by atoms with E-state index in [0.29, 0.717) is 11.3 Å². The highest BCUT2D eigenvalue weighted by Gasteiger charge is 2.55. The van der Waals surface area contributed by atoms with Crippen molar-refractivity contribution in [3.8, 4) is 0 Å². The molecule has 3 N–H and O–H groups in total. The number of aromatic nitrogens is 2. The van der Waals surface area contributed by atoms with Crippen LogP contribution in [0, 0.1) is 5.92 Å². The lowest BCUT2D eigenvalue weighted by Gasteiger charge is -2.46. The number of imide groups is 1. The zero-order chi connectivity index (χ0) is 28.3. The number of likely N-dealkylation sites (tertiary alicyclic amines) is 1. The van der Waals surface area contributed by atoms with Gasteiger partial charge in [-0.15, -0.1) is 0 Å². The Kier molecular flexibility index (Phi) is 7.84. The molecule has 0 bridgehead atoms. The Morgan fingerprint density at radius 1 is 1.13 bits per heavy atom. The lowest BCUT2D eigenvalue weighted by Crippen LogP contribution is -2.70. The maximum Gasteiger partial charge on any atom is 0.416 e. The van der Waals surface area contributed by atoms with E-state index in [1.165, 1.54) is 42.7 Å². The maximum absolute atomic E-state index is 13.6. The molecular formula is C27H27F3N6O3. The number of nitrogen functional groups attached to an aromatic ring is 1. The van der Waals surface area contributed by atoms with Crippen LogP contribution in [-0.4, -0.2) is 45.8 Å². The summed E-state index contributed by atoms with van der Waals surface area (Å²) in [5, 5.41) is 2.64. The highest BCUT2D eigenvalue weighted by Crippen LogP contribution is 2.34. The Labute approximate surface area is 222 Å².